The second kappa shape index (κ2) is 8.10. The maximum atomic E-state index is 12.2. The molecule has 0 saturated carbocycles. The van der Waals surface area contributed by atoms with Crippen molar-refractivity contribution in [3.63, 3.8) is 0 Å². The molecule has 0 aliphatic carbocycles. The molecule has 1 unspecified atom stereocenters. The number of benzene rings is 2. The van der Waals surface area contributed by atoms with Gasteiger partial charge in [-0.05, 0) is 42.8 Å². The number of rotatable bonds is 7. The van der Waals surface area contributed by atoms with Crippen LogP contribution in [0.5, 0.6) is 0 Å². The van der Waals surface area contributed by atoms with Crippen LogP contribution in [0.15, 0.2) is 42.5 Å². The zero-order valence-electron chi connectivity index (χ0n) is 15.4. The van der Waals surface area contributed by atoms with Crippen LogP contribution in [0.3, 0.4) is 0 Å². The SMILES string of the molecule is CCOC(=O)CC(c1cccc(CNC)c1)c1ccc2c(c1)nnn2C. The lowest BCUT2D eigenvalue weighted by atomic mass is 9.87. The molecule has 1 aromatic heterocycles. The Morgan fingerprint density at radius 2 is 2.04 bits per heavy atom. The van der Waals surface area contributed by atoms with E-state index in [-0.39, 0.29) is 11.9 Å². The van der Waals surface area contributed by atoms with Gasteiger partial charge in [-0.2, -0.15) is 0 Å². The maximum Gasteiger partial charge on any atom is 0.306 e. The minimum atomic E-state index is -0.198. The normalized spacial score (nSPS) is 12.3. The average molecular weight is 352 g/mol. The van der Waals surface area contributed by atoms with Crippen molar-refractivity contribution in [2.24, 2.45) is 7.05 Å². The third-order valence-electron chi connectivity index (χ3n) is 4.45. The van der Waals surface area contributed by atoms with E-state index < -0.39 is 0 Å². The monoisotopic (exact) mass is 352 g/mol. The number of nitrogens with zero attached hydrogens (tertiary/aromatic N) is 3. The first-order chi connectivity index (χ1) is 12.6. The summed E-state index contributed by atoms with van der Waals surface area (Å²) in [5.74, 6) is -0.284. The van der Waals surface area contributed by atoms with Crippen molar-refractivity contribution >= 4 is 17.0 Å². The van der Waals surface area contributed by atoms with Crippen LogP contribution in [0, 0.1) is 0 Å². The van der Waals surface area contributed by atoms with Crippen molar-refractivity contribution in [1.82, 2.24) is 20.3 Å². The minimum absolute atomic E-state index is 0.0859. The minimum Gasteiger partial charge on any atom is -0.466 e. The van der Waals surface area contributed by atoms with E-state index in [1.165, 1.54) is 5.56 Å². The van der Waals surface area contributed by atoms with Crippen LogP contribution in [-0.4, -0.2) is 34.6 Å². The van der Waals surface area contributed by atoms with Gasteiger partial charge in [0.05, 0.1) is 18.5 Å². The first kappa shape index (κ1) is 18.1. The lowest BCUT2D eigenvalue weighted by Crippen LogP contribution is -2.12. The fourth-order valence-electron chi connectivity index (χ4n) is 3.21. The summed E-state index contributed by atoms with van der Waals surface area (Å²) in [5.41, 5.74) is 5.10. The van der Waals surface area contributed by atoms with Crippen molar-refractivity contribution < 1.29 is 9.53 Å². The number of ether oxygens (including phenoxy) is 1. The van der Waals surface area contributed by atoms with Gasteiger partial charge in [-0.25, -0.2) is 4.68 Å². The van der Waals surface area contributed by atoms with Crippen molar-refractivity contribution in [2.45, 2.75) is 25.8 Å². The van der Waals surface area contributed by atoms with Crippen molar-refractivity contribution in [3.8, 4) is 0 Å². The van der Waals surface area contributed by atoms with Gasteiger partial charge < -0.3 is 10.1 Å². The molecule has 6 nitrogen and oxygen atoms in total. The molecule has 2 aromatic carbocycles. The highest BCUT2D eigenvalue weighted by Crippen LogP contribution is 2.31. The number of nitrogens with one attached hydrogen (secondary N) is 1. The fourth-order valence-corrected chi connectivity index (χ4v) is 3.21. The lowest BCUT2D eigenvalue weighted by Gasteiger charge is -2.18. The van der Waals surface area contributed by atoms with Crippen LogP contribution in [0.1, 0.15) is 36.0 Å². The Kier molecular flexibility index (Phi) is 5.63. The maximum absolute atomic E-state index is 12.2. The Hall–Kier alpha value is -2.73. The lowest BCUT2D eigenvalue weighted by molar-refractivity contribution is -0.143. The molecule has 0 saturated heterocycles. The van der Waals surface area contributed by atoms with Gasteiger partial charge in [0.1, 0.15) is 5.52 Å². The van der Waals surface area contributed by atoms with Gasteiger partial charge >= 0.3 is 5.97 Å². The van der Waals surface area contributed by atoms with Crippen LogP contribution >= 0.6 is 0 Å². The van der Waals surface area contributed by atoms with Crippen molar-refractivity contribution in [1.29, 1.82) is 0 Å². The number of hydrogen-bond acceptors (Lipinski definition) is 5. The molecule has 0 bridgehead atoms. The largest absolute Gasteiger partial charge is 0.466 e. The number of aromatic nitrogens is 3. The number of esters is 1. The van der Waals surface area contributed by atoms with E-state index in [4.69, 9.17) is 4.74 Å². The Balaban J connectivity index is 2.01. The highest BCUT2D eigenvalue weighted by Gasteiger charge is 2.20. The first-order valence-corrected chi connectivity index (χ1v) is 8.80. The summed E-state index contributed by atoms with van der Waals surface area (Å²) in [6.07, 6.45) is 0.294. The molecule has 6 heteroatoms. The van der Waals surface area contributed by atoms with E-state index in [9.17, 15) is 4.79 Å². The van der Waals surface area contributed by atoms with Gasteiger partial charge in [0.2, 0.25) is 0 Å². The molecule has 3 aromatic rings. The number of carbonyl (C=O) groups excluding carboxylic acids is 1. The average Bonchev–Trinajstić information content (AvgIpc) is 3.01. The predicted octanol–water partition coefficient (Wildman–Crippen LogP) is 2.77. The standard InChI is InChI=1S/C20H24N4O2/c1-4-26-20(25)12-17(15-7-5-6-14(10-15)13-21-2)16-8-9-19-18(11-16)22-23-24(19)3/h5-11,17,21H,4,12-13H2,1-3H3. The second-order valence-corrected chi connectivity index (χ2v) is 6.30. The van der Waals surface area contributed by atoms with Gasteiger partial charge in [-0.3, -0.25) is 4.79 Å². The summed E-state index contributed by atoms with van der Waals surface area (Å²) in [6.45, 7) is 2.99. The fraction of sp³-hybridized carbons (Fsp3) is 0.350. The smallest absolute Gasteiger partial charge is 0.306 e. The Morgan fingerprint density at radius 3 is 2.81 bits per heavy atom. The zero-order chi connectivity index (χ0) is 18.5. The van der Waals surface area contributed by atoms with Crippen LogP contribution in [0.25, 0.3) is 11.0 Å². The second-order valence-electron chi connectivity index (χ2n) is 6.30. The number of aryl methyl sites for hydroxylation is 1. The van der Waals surface area contributed by atoms with Gasteiger partial charge in [0.25, 0.3) is 0 Å². The zero-order valence-corrected chi connectivity index (χ0v) is 15.4. The molecule has 0 spiro atoms. The van der Waals surface area contributed by atoms with Gasteiger partial charge in [-0.1, -0.05) is 35.5 Å². The molecule has 1 N–H and O–H groups in total. The van der Waals surface area contributed by atoms with E-state index in [0.717, 1.165) is 28.7 Å². The molecule has 0 amide bonds. The summed E-state index contributed by atoms with van der Waals surface area (Å²) >= 11 is 0. The van der Waals surface area contributed by atoms with Crippen molar-refractivity contribution in [2.75, 3.05) is 13.7 Å². The molecule has 0 fully saturated rings. The molecule has 1 heterocycles. The molecule has 26 heavy (non-hydrogen) atoms. The molecule has 1 atom stereocenters. The Morgan fingerprint density at radius 1 is 1.23 bits per heavy atom. The van der Waals surface area contributed by atoms with Gasteiger partial charge in [-0.15, -0.1) is 5.10 Å². The van der Waals surface area contributed by atoms with Crippen LogP contribution in [0.4, 0.5) is 0 Å². The van der Waals surface area contributed by atoms with Crippen LogP contribution in [-0.2, 0) is 23.1 Å². The summed E-state index contributed by atoms with van der Waals surface area (Å²) in [4.78, 5) is 12.2. The topological polar surface area (TPSA) is 69.0 Å². The molecular formula is C20H24N4O2. The van der Waals surface area contributed by atoms with Crippen molar-refractivity contribution in [3.05, 3.63) is 59.2 Å². The highest BCUT2D eigenvalue weighted by molar-refractivity contribution is 5.76. The quantitative estimate of drug-likeness (QED) is 0.662. The van der Waals surface area contributed by atoms with E-state index >= 15 is 0 Å². The molecule has 0 radical (unpaired) electrons. The summed E-state index contributed by atoms with van der Waals surface area (Å²) in [7, 11) is 3.79. The third-order valence-corrected chi connectivity index (χ3v) is 4.45. The Bertz CT molecular complexity index is 904. The molecule has 0 aliphatic rings. The molecule has 136 valence electrons. The van der Waals surface area contributed by atoms with Gasteiger partial charge in [0.15, 0.2) is 0 Å². The van der Waals surface area contributed by atoms with Crippen LogP contribution < -0.4 is 5.32 Å². The predicted molar refractivity (Wildman–Crippen MR) is 101 cm³/mol. The van der Waals surface area contributed by atoms with E-state index in [0.29, 0.717) is 13.0 Å². The third kappa shape index (κ3) is 3.91. The number of carbonyl (C=O) groups is 1. The summed E-state index contributed by atoms with van der Waals surface area (Å²) in [6, 6.07) is 14.4. The van der Waals surface area contributed by atoms with Crippen LogP contribution in [0.2, 0.25) is 0 Å². The molecule has 3 rings (SSSR count). The van der Waals surface area contributed by atoms with E-state index in [2.05, 4.69) is 33.8 Å². The highest BCUT2D eigenvalue weighted by atomic mass is 16.5. The Labute approximate surface area is 153 Å². The van der Waals surface area contributed by atoms with E-state index in [1.54, 1.807) is 4.68 Å². The first-order valence-electron chi connectivity index (χ1n) is 8.80. The van der Waals surface area contributed by atoms with E-state index in [1.807, 2.05) is 45.3 Å². The van der Waals surface area contributed by atoms with Gasteiger partial charge in [0, 0.05) is 19.5 Å². The summed E-state index contributed by atoms with van der Waals surface area (Å²) in [5, 5.41) is 11.4. The number of fused-ring (bicyclic) bond motifs is 1. The number of hydrogen-bond donors (Lipinski definition) is 1. The molecular weight excluding hydrogens is 328 g/mol. The molecule has 0 aliphatic heterocycles. The summed E-state index contributed by atoms with van der Waals surface area (Å²) < 4.78 is 6.94.